The largest absolute Gasteiger partial charge is 0.463 e. The smallest absolute Gasteiger partial charge is 0.305 e. The molecular weight excluding hydrogens is 380 g/mol. The van der Waals surface area contributed by atoms with Gasteiger partial charge in [0.25, 0.3) is 0 Å². The quantitative estimate of drug-likeness (QED) is 0.188. The molecule has 0 heterocycles. The van der Waals surface area contributed by atoms with E-state index < -0.39 is 0 Å². The lowest BCUT2D eigenvalue weighted by atomic mass is 10.1. The number of carbonyl (C=O) groups is 1. The molecule has 0 atom stereocenters. The van der Waals surface area contributed by atoms with Crippen molar-refractivity contribution < 1.29 is 23.7 Å². The van der Waals surface area contributed by atoms with Crippen LogP contribution in [0.5, 0.6) is 0 Å². The molecule has 5 heteroatoms. The summed E-state index contributed by atoms with van der Waals surface area (Å²) in [6, 6.07) is 10.1. The van der Waals surface area contributed by atoms with Crippen LogP contribution in [0.3, 0.4) is 0 Å². The minimum atomic E-state index is -0.117. The third-order valence-corrected chi connectivity index (χ3v) is 4.83. The van der Waals surface area contributed by atoms with Crippen LogP contribution in [0.15, 0.2) is 30.3 Å². The summed E-state index contributed by atoms with van der Waals surface area (Å²) < 4.78 is 21.6. The maximum atomic E-state index is 11.7. The number of benzene rings is 1. The number of hydrogen-bond acceptors (Lipinski definition) is 5. The van der Waals surface area contributed by atoms with E-state index in [2.05, 4.69) is 6.92 Å². The van der Waals surface area contributed by atoms with Crippen LogP contribution in [-0.4, -0.2) is 45.6 Å². The highest BCUT2D eigenvalue weighted by Gasteiger charge is 2.02. The molecule has 0 saturated carbocycles. The second-order valence-electron chi connectivity index (χ2n) is 7.56. The van der Waals surface area contributed by atoms with Crippen LogP contribution in [0.1, 0.15) is 76.7 Å². The molecule has 1 rings (SSSR count). The molecule has 0 amide bonds. The maximum absolute atomic E-state index is 11.7. The lowest BCUT2D eigenvalue weighted by Crippen LogP contribution is -2.13. The van der Waals surface area contributed by atoms with E-state index in [1.165, 1.54) is 44.9 Å². The number of esters is 1. The highest BCUT2D eigenvalue weighted by atomic mass is 16.6. The highest BCUT2D eigenvalue weighted by Crippen LogP contribution is 2.10. The number of ether oxygens (including phenoxy) is 4. The minimum Gasteiger partial charge on any atom is -0.463 e. The van der Waals surface area contributed by atoms with Crippen molar-refractivity contribution in [3.05, 3.63) is 35.9 Å². The van der Waals surface area contributed by atoms with Gasteiger partial charge in [-0.15, -0.1) is 0 Å². The molecule has 30 heavy (non-hydrogen) atoms. The van der Waals surface area contributed by atoms with Gasteiger partial charge in [-0.3, -0.25) is 4.79 Å². The predicted octanol–water partition coefficient (Wildman–Crippen LogP) is 5.70. The summed E-state index contributed by atoms with van der Waals surface area (Å²) in [7, 11) is 0. The van der Waals surface area contributed by atoms with Gasteiger partial charge in [0.15, 0.2) is 0 Å². The normalized spacial score (nSPS) is 11.0. The van der Waals surface area contributed by atoms with Gasteiger partial charge >= 0.3 is 5.97 Å². The topological polar surface area (TPSA) is 54.0 Å². The summed E-state index contributed by atoms with van der Waals surface area (Å²) in [6.07, 6.45) is 11.8. The van der Waals surface area contributed by atoms with Crippen molar-refractivity contribution in [1.29, 1.82) is 0 Å². The van der Waals surface area contributed by atoms with Crippen molar-refractivity contribution in [2.75, 3.05) is 39.6 Å². The molecule has 0 fully saturated rings. The Kier molecular flexibility index (Phi) is 18.5. The van der Waals surface area contributed by atoms with E-state index in [0.717, 1.165) is 18.4 Å². The van der Waals surface area contributed by atoms with Crippen molar-refractivity contribution in [3.8, 4) is 0 Å². The van der Waals surface area contributed by atoms with Gasteiger partial charge in [-0.2, -0.15) is 0 Å². The van der Waals surface area contributed by atoms with Gasteiger partial charge in [0, 0.05) is 6.42 Å². The molecular formula is C25H42O5. The summed E-state index contributed by atoms with van der Waals surface area (Å²) in [5, 5.41) is 0. The van der Waals surface area contributed by atoms with Crippen LogP contribution >= 0.6 is 0 Å². The first-order chi connectivity index (χ1) is 14.8. The Morgan fingerprint density at radius 1 is 0.667 bits per heavy atom. The summed E-state index contributed by atoms with van der Waals surface area (Å²) in [5.74, 6) is -0.117. The molecule has 172 valence electrons. The van der Waals surface area contributed by atoms with Crippen molar-refractivity contribution in [1.82, 2.24) is 0 Å². The van der Waals surface area contributed by atoms with Crippen molar-refractivity contribution in [3.63, 3.8) is 0 Å². The number of unbranched alkanes of at least 4 members (excludes halogenated alkanes) is 8. The van der Waals surface area contributed by atoms with Crippen molar-refractivity contribution in [2.24, 2.45) is 0 Å². The highest BCUT2D eigenvalue weighted by molar-refractivity contribution is 5.69. The third kappa shape index (κ3) is 17.4. The monoisotopic (exact) mass is 422 g/mol. The van der Waals surface area contributed by atoms with Crippen LogP contribution in [0.2, 0.25) is 0 Å². The van der Waals surface area contributed by atoms with E-state index in [9.17, 15) is 4.79 Å². The Morgan fingerprint density at radius 2 is 1.20 bits per heavy atom. The number of rotatable bonds is 21. The SMILES string of the molecule is CCCCCCCCCCCC(=O)OCCOCCOCCOCc1ccccc1. The second-order valence-corrected chi connectivity index (χ2v) is 7.56. The van der Waals surface area contributed by atoms with E-state index in [4.69, 9.17) is 18.9 Å². The fraction of sp³-hybridized carbons (Fsp3) is 0.720. The molecule has 0 bridgehead atoms. The van der Waals surface area contributed by atoms with Gasteiger partial charge in [-0.1, -0.05) is 88.6 Å². The molecule has 1 aromatic carbocycles. The lowest BCUT2D eigenvalue weighted by molar-refractivity contribution is -0.145. The van der Waals surface area contributed by atoms with Gasteiger partial charge in [0.1, 0.15) is 6.61 Å². The summed E-state index contributed by atoms with van der Waals surface area (Å²) in [5.41, 5.74) is 1.16. The summed E-state index contributed by atoms with van der Waals surface area (Å²) >= 11 is 0. The van der Waals surface area contributed by atoms with Crippen LogP contribution in [0.4, 0.5) is 0 Å². The van der Waals surface area contributed by atoms with Gasteiger partial charge in [0.05, 0.1) is 39.6 Å². The van der Waals surface area contributed by atoms with E-state index in [-0.39, 0.29) is 5.97 Å². The Labute approximate surface area is 183 Å². The third-order valence-electron chi connectivity index (χ3n) is 4.83. The first-order valence-electron chi connectivity index (χ1n) is 11.8. The van der Waals surface area contributed by atoms with Gasteiger partial charge in [-0.05, 0) is 12.0 Å². The molecule has 0 saturated heterocycles. The maximum Gasteiger partial charge on any atom is 0.305 e. The molecule has 0 aliphatic rings. The molecule has 0 N–H and O–H groups in total. The second kappa shape index (κ2) is 20.8. The number of hydrogen-bond donors (Lipinski definition) is 0. The first kappa shape index (κ1) is 26.6. The van der Waals surface area contributed by atoms with E-state index in [0.29, 0.717) is 52.7 Å². The molecule has 0 aliphatic carbocycles. The summed E-state index contributed by atoms with van der Waals surface area (Å²) in [6.45, 7) is 5.69. The molecule has 0 spiro atoms. The van der Waals surface area contributed by atoms with Gasteiger partial charge in [-0.25, -0.2) is 0 Å². The Balaban J connectivity index is 1.74. The Morgan fingerprint density at radius 3 is 1.83 bits per heavy atom. The van der Waals surface area contributed by atoms with Crippen LogP contribution in [0, 0.1) is 0 Å². The molecule has 0 unspecified atom stereocenters. The number of carbonyl (C=O) groups excluding carboxylic acids is 1. The zero-order valence-electron chi connectivity index (χ0n) is 18.9. The summed E-state index contributed by atoms with van der Waals surface area (Å²) in [4.78, 5) is 11.7. The van der Waals surface area contributed by atoms with Crippen LogP contribution in [0.25, 0.3) is 0 Å². The first-order valence-corrected chi connectivity index (χ1v) is 11.8. The van der Waals surface area contributed by atoms with Crippen LogP contribution in [-0.2, 0) is 30.3 Å². The van der Waals surface area contributed by atoms with Crippen molar-refractivity contribution >= 4 is 5.97 Å². The Bertz CT molecular complexity index is 492. The van der Waals surface area contributed by atoms with Crippen LogP contribution < -0.4 is 0 Å². The zero-order valence-corrected chi connectivity index (χ0v) is 18.9. The van der Waals surface area contributed by atoms with E-state index in [1.54, 1.807) is 0 Å². The van der Waals surface area contributed by atoms with E-state index >= 15 is 0 Å². The van der Waals surface area contributed by atoms with Crippen molar-refractivity contribution in [2.45, 2.75) is 77.7 Å². The average Bonchev–Trinajstić information content (AvgIpc) is 2.77. The molecule has 1 aromatic rings. The minimum absolute atomic E-state index is 0.117. The zero-order chi connectivity index (χ0) is 21.5. The van der Waals surface area contributed by atoms with Gasteiger partial charge in [0.2, 0.25) is 0 Å². The van der Waals surface area contributed by atoms with Gasteiger partial charge < -0.3 is 18.9 Å². The fourth-order valence-corrected chi connectivity index (χ4v) is 3.07. The Hall–Kier alpha value is -1.43. The fourth-order valence-electron chi connectivity index (χ4n) is 3.07. The standard InChI is InChI=1S/C25H42O5/c1-2-3-4-5-6-7-8-9-13-16-25(26)30-22-21-28-18-17-27-19-20-29-23-24-14-11-10-12-15-24/h10-12,14-15H,2-9,13,16-23H2,1H3. The lowest BCUT2D eigenvalue weighted by Gasteiger charge is -2.08. The molecule has 5 nitrogen and oxygen atoms in total. The molecule has 0 radical (unpaired) electrons. The van der Waals surface area contributed by atoms with E-state index in [1.807, 2.05) is 30.3 Å². The average molecular weight is 423 g/mol. The molecule has 0 aliphatic heterocycles. The predicted molar refractivity (Wildman–Crippen MR) is 121 cm³/mol. The molecule has 0 aromatic heterocycles.